The normalized spacial score (nSPS) is 11.1. The van der Waals surface area contributed by atoms with Crippen LogP contribution in [-0.4, -0.2) is 27.6 Å². The van der Waals surface area contributed by atoms with E-state index in [0.717, 1.165) is 0 Å². The smallest absolute Gasteiger partial charge is 0.266 e. The molecule has 0 aliphatic carbocycles. The molecule has 0 aromatic carbocycles. The number of nitrogens with zero attached hydrogens (tertiary/aromatic N) is 2. The van der Waals surface area contributed by atoms with Crippen LogP contribution in [0.2, 0.25) is 0 Å². The minimum Gasteiger partial charge on any atom is -0.266 e. The number of amides is 1. The summed E-state index contributed by atoms with van der Waals surface area (Å²) in [5.74, 6) is -0.483. The van der Waals surface area contributed by atoms with Gasteiger partial charge < -0.3 is 0 Å². The third-order valence-corrected chi connectivity index (χ3v) is 2.32. The van der Waals surface area contributed by atoms with Crippen LogP contribution in [0.4, 0.5) is 0 Å². The number of carbonyl (C=O) groups is 1. The van der Waals surface area contributed by atoms with Gasteiger partial charge in [-0.15, -0.1) is 0 Å². The number of aromatic nitrogens is 1. The van der Waals surface area contributed by atoms with Crippen molar-refractivity contribution in [2.24, 2.45) is 4.36 Å². The van der Waals surface area contributed by atoms with E-state index in [1.54, 1.807) is 0 Å². The Hall–Kier alpha value is -0.750. The molecule has 0 aliphatic heterocycles. The second kappa shape index (κ2) is 4.18. The third-order valence-electron chi connectivity index (χ3n) is 1.28. The highest BCUT2D eigenvalue weighted by Crippen LogP contribution is 2.09. The maximum Gasteiger partial charge on any atom is 0.285 e. The first-order valence-electron chi connectivity index (χ1n) is 3.71. The molecule has 76 valence electrons. The predicted molar refractivity (Wildman–Crippen MR) is 58.7 cm³/mol. The zero-order valence-electron chi connectivity index (χ0n) is 7.73. The van der Waals surface area contributed by atoms with Crippen molar-refractivity contribution in [2.45, 2.75) is 0 Å². The summed E-state index contributed by atoms with van der Waals surface area (Å²) in [6.07, 6.45) is 4.32. The Morgan fingerprint density at radius 2 is 2.21 bits per heavy atom. The molecule has 1 aromatic rings. The summed E-state index contributed by atoms with van der Waals surface area (Å²) in [7, 11) is -2.39. The van der Waals surface area contributed by atoms with E-state index in [4.69, 9.17) is 0 Å². The average Bonchev–Trinajstić information content (AvgIpc) is 2.01. The molecule has 14 heavy (non-hydrogen) atoms. The van der Waals surface area contributed by atoms with Gasteiger partial charge in [-0.25, -0.2) is 9.19 Å². The maximum atomic E-state index is 11.4. The maximum absolute atomic E-state index is 11.4. The van der Waals surface area contributed by atoms with Gasteiger partial charge in [0.2, 0.25) is 0 Å². The van der Waals surface area contributed by atoms with Gasteiger partial charge in [-0.05, 0) is 28.1 Å². The first-order valence-corrected chi connectivity index (χ1v) is 6.84. The monoisotopic (exact) mass is 276 g/mol. The molecule has 1 aromatic heterocycles. The number of carbonyl (C=O) groups excluding carboxylic acids is 1. The highest BCUT2D eigenvalue weighted by molar-refractivity contribution is 9.10. The summed E-state index contributed by atoms with van der Waals surface area (Å²) < 4.78 is 15.4. The van der Waals surface area contributed by atoms with Crippen LogP contribution < -0.4 is 0 Å². The van der Waals surface area contributed by atoms with Gasteiger partial charge in [0.25, 0.3) is 5.91 Å². The highest BCUT2D eigenvalue weighted by Gasteiger charge is 2.06. The summed E-state index contributed by atoms with van der Waals surface area (Å²) in [6.45, 7) is 0. The van der Waals surface area contributed by atoms with Gasteiger partial charge in [-0.1, -0.05) is 0 Å². The van der Waals surface area contributed by atoms with Crippen molar-refractivity contribution in [3.8, 4) is 0 Å². The van der Waals surface area contributed by atoms with Crippen LogP contribution in [0.15, 0.2) is 27.3 Å². The lowest BCUT2D eigenvalue weighted by Crippen LogP contribution is -2.01. The molecule has 0 unspecified atom stereocenters. The standard InChI is InChI=1S/C8H9BrN2O2S/c1-14(2,13)11-8(12)6-3-4-10-7(9)5-6/h3-5H,1-2H3. The quantitative estimate of drug-likeness (QED) is 0.734. The summed E-state index contributed by atoms with van der Waals surface area (Å²) in [5.41, 5.74) is 0.378. The molecular weight excluding hydrogens is 268 g/mol. The van der Waals surface area contributed by atoms with Gasteiger partial charge in [-0.3, -0.25) is 4.79 Å². The molecule has 0 fully saturated rings. The van der Waals surface area contributed by atoms with E-state index in [0.29, 0.717) is 10.2 Å². The fourth-order valence-electron chi connectivity index (χ4n) is 0.788. The SMILES string of the molecule is CS(C)(=O)=NC(=O)c1ccnc(Br)c1. The second-order valence-corrected chi connectivity index (χ2v) is 6.30. The van der Waals surface area contributed by atoms with Crippen molar-refractivity contribution in [3.05, 3.63) is 28.5 Å². The van der Waals surface area contributed by atoms with Gasteiger partial charge in [0.05, 0.1) is 0 Å². The first-order chi connectivity index (χ1) is 6.38. The fourth-order valence-corrected chi connectivity index (χ4v) is 1.66. The number of halogens is 1. The third kappa shape index (κ3) is 3.55. The number of rotatable bonds is 1. The van der Waals surface area contributed by atoms with Gasteiger partial charge in [-0.2, -0.15) is 4.36 Å². The minimum atomic E-state index is -2.39. The van der Waals surface area contributed by atoms with E-state index < -0.39 is 15.6 Å². The Morgan fingerprint density at radius 1 is 1.57 bits per heavy atom. The number of pyridine rings is 1. The molecule has 1 rings (SSSR count). The van der Waals surface area contributed by atoms with Crippen LogP contribution in [0.5, 0.6) is 0 Å². The van der Waals surface area contributed by atoms with E-state index in [2.05, 4.69) is 25.3 Å². The van der Waals surface area contributed by atoms with E-state index in [9.17, 15) is 9.00 Å². The predicted octanol–water partition coefficient (Wildman–Crippen LogP) is 1.71. The van der Waals surface area contributed by atoms with E-state index in [1.807, 2.05) is 0 Å². The Balaban J connectivity index is 3.09. The van der Waals surface area contributed by atoms with Crippen LogP contribution in [0.25, 0.3) is 0 Å². The van der Waals surface area contributed by atoms with Crippen LogP contribution in [0.1, 0.15) is 10.4 Å². The lowest BCUT2D eigenvalue weighted by Gasteiger charge is -1.96. The summed E-state index contributed by atoms with van der Waals surface area (Å²) in [4.78, 5) is 15.3. The van der Waals surface area contributed by atoms with Crippen LogP contribution >= 0.6 is 15.9 Å². The van der Waals surface area contributed by atoms with Gasteiger partial charge in [0, 0.05) is 34.0 Å². The summed E-state index contributed by atoms with van der Waals surface area (Å²) in [5, 5.41) is 0. The molecule has 0 saturated heterocycles. The molecule has 0 radical (unpaired) electrons. The lowest BCUT2D eigenvalue weighted by atomic mass is 10.3. The highest BCUT2D eigenvalue weighted by atomic mass is 79.9. The minimum absolute atomic E-state index is 0.378. The summed E-state index contributed by atoms with van der Waals surface area (Å²) in [6, 6.07) is 3.07. The van der Waals surface area contributed by atoms with Crippen LogP contribution in [-0.2, 0) is 9.73 Å². The number of hydrogen-bond donors (Lipinski definition) is 0. The zero-order chi connectivity index (χ0) is 10.8. The van der Waals surface area contributed by atoms with Crippen molar-refractivity contribution in [1.82, 2.24) is 4.98 Å². The molecule has 1 heterocycles. The average molecular weight is 277 g/mol. The van der Waals surface area contributed by atoms with Crippen molar-refractivity contribution in [3.63, 3.8) is 0 Å². The van der Waals surface area contributed by atoms with Crippen LogP contribution in [0, 0.1) is 0 Å². The summed E-state index contributed by atoms with van der Waals surface area (Å²) >= 11 is 3.13. The van der Waals surface area contributed by atoms with Gasteiger partial charge >= 0.3 is 0 Å². The van der Waals surface area contributed by atoms with Crippen molar-refractivity contribution >= 4 is 31.6 Å². The van der Waals surface area contributed by atoms with Crippen molar-refractivity contribution in [1.29, 1.82) is 0 Å². The topological polar surface area (TPSA) is 59.4 Å². The Kier molecular flexibility index (Phi) is 3.38. The lowest BCUT2D eigenvalue weighted by molar-refractivity contribution is 0.100. The molecule has 0 N–H and O–H groups in total. The van der Waals surface area contributed by atoms with Crippen molar-refractivity contribution in [2.75, 3.05) is 12.5 Å². The molecule has 1 amide bonds. The van der Waals surface area contributed by atoms with E-state index in [1.165, 1.54) is 30.8 Å². The largest absolute Gasteiger partial charge is 0.285 e. The Bertz CT molecular complexity index is 470. The second-order valence-electron chi connectivity index (χ2n) is 2.94. The van der Waals surface area contributed by atoms with Crippen molar-refractivity contribution < 1.29 is 9.00 Å². The Labute approximate surface area is 91.1 Å². The zero-order valence-corrected chi connectivity index (χ0v) is 10.1. The Morgan fingerprint density at radius 3 is 2.71 bits per heavy atom. The molecular formula is C8H9BrN2O2S. The first kappa shape index (κ1) is 11.3. The fraction of sp³-hybridized carbons (Fsp3) is 0.250. The van der Waals surface area contributed by atoms with E-state index >= 15 is 0 Å². The molecule has 6 heteroatoms. The molecule has 0 aliphatic rings. The molecule has 0 bridgehead atoms. The molecule has 0 spiro atoms. The van der Waals surface area contributed by atoms with E-state index in [-0.39, 0.29) is 0 Å². The number of hydrogen-bond acceptors (Lipinski definition) is 3. The van der Waals surface area contributed by atoms with Crippen LogP contribution in [0.3, 0.4) is 0 Å². The molecule has 0 atom stereocenters. The molecule has 0 saturated carbocycles. The molecule has 4 nitrogen and oxygen atoms in total. The van der Waals surface area contributed by atoms with Gasteiger partial charge in [0.15, 0.2) is 0 Å². The van der Waals surface area contributed by atoms with Gasteiger partial charge in [0.1, 0.15) is 4.60 Å².